The number of imidazole rings is 1. The number of hydrogen-bond acceptors (Lipinski definition) is 6. The fourth-order valence-electron chi connectivity index (χ4n) is 4.46. The summed E-state index contributed by atoms with van der Waals surface area (Å²) in [6.07, 6.45) is 8.13. The van der Waals surface area contributed by atoms with E-state index in [1.54, 1.807) is 30.5 Å². The molecule has 9 nitrogen and oxygen atoms in total. The van der Waals surface area contributed by atoms with Gasteiger partial charge in [-0.1, -0.05) is 25.5 Å². The van der Waals surface area contributed by atoms with E-state index in [0.717, 1.165) is 12.8 Å². The number of pyridine rings is 3. The van der Waals surface area contributed by atoms with Gasteiger partial charge in [0.25, 0.3) is 0 Å². The van der Waals surface area contributed by atoms with E-state index in [1.165, 1.54) is 30.7 Å². The van der Waals surface area contributed by atoms with Gasteiger partial charge in [-0.3, -0.25) is 19.9 Å². The maximum absolute atomic E-state index is 16.0. The van der Waals surface area contributed by atoms with Crippen molar-refractivity contribution in [2.75, 3.05) is 5.32 Å². The number of hydrogen-bond donors (Lipinski definition) is 3. The van der Waals surface area contributed by atoms with Crippen LogP contribution in [-0.2, 0) is 4.79 Å². The first-order valence-corrected chi connectivity index (χ1v) is 12.4. The van der Waals surface area contributed by atoms with Gasteiger partial charge in [0.15, 0.2) is 17.3 Å². The monoisotopic (exact) mass is 524 g/mol. The quantitative estimate of drug-likeness (QED) is 0.234. The Labute approximate surface area is 220 Å². The van der Waals surface area contributed by atoms with Crippen molar-refractivity contribution >= 4 is 33.7 Å². The molecule has 1 aromatic carbocycles. The van der Waals surface area contributed by atoms with Crippen LogP contribution in [-0.4, -0.2) is 41.0 Å². The van der Waals surface area contributed by atoms with Crippen LogP contribution in [0.15, 0.2) is 61.2 Å². The van der Waals surface area contributed by atoms with E-state index in [4.69, 9.17) is 0 Å². The van der Waals surface area contributed by atoms with E-state index in [9.17, 15) is 9.18 Å². The summed E-state index contributed by atoms with van der Waals surface area (Å²) in [5, 5.41) is 10.1. The van der Waals surface area contributed by atoms with Crippen molar-refractivity contribution in [1.82, 2.24) is 35.1 Å². The molecule has 3 N–H and O–H groups in total. The van der Waals surface area contributed by atoms with Gasteiger partial charge in [0.05, 0.1) is 29.0 Å². The molecule has 5 heterocycles. The topological polar surface area (TPSA) is 125 Å². The summed E-state index contributed by atoms with van der Waals surface area (Å²) in [4.78, 5) is 32.7. The first kappa shape index (κ1) is 24.3. The van der Waals surface area contributed by atoms with Crippen LogP contribution in [0.4, 0.5) is 14.5 Å². The number of aromatic nitrogens is 7. The van der Waals surface area contributed by atoms with Crippen LogP contribution in [0.5, 0.6) is 0 Å². The third-order valence-electron chi connectivity index (χ3n) is 6.34. The number of rotatable bonds is 7. The molecule has 0 radical (unpaired) electrons. The molecule has 0 atom stereocenters. The Morgan fingerprint density at radius 3 is 2.77 bits per heavy atom. The summed E-state index contributed by atoms with van der Waals surface area (Å²) in [6.45, 7) is 2.01. The minimum Gasteiger partial charge on any atom is -0.325 e. The van der Waals surface area contributed by atoms with Gasteiger partial charge in [0.1, 0.15) is 22.7 Å². The van der Waals surface area contributed by atoms with Gasteiger partial charge >= 0.3 is 0 Å². The number of unbranched alkanes of at least 4 members (excludes halogenated alkanes) is 1. The van der Waals surface area contributed by atoms with Gasteiger partial charge in [-0.05, 0) is 36.2 Å². The molecule has 0 unspecified atom stereocenters. The molecule has 0 saturated heterocycles. The van der Waals surface area contributed by atoms with Gasteiger partial charge < -0.3 is 10.3 Å². The van der Waals surface area contributed by atoms with Gasteiger partial charge in [-0.2, -0.15) is 5.10 Å². The first-order valence-electron chi connectivity index (χ1n) is 12.4. The van der Waals surface area contributed by atoms with Crippen molar-refractivity contribution < 1.29 is 13.6 Å². The molecule has 0 spiro atoms. The number of aromatic amines is 2. The van der Waals surface area contributed by atoms with Crippen LogP contribution in [0.1, 0.15) is 26.2 Å². The van der Waals surface area contributed by atoms with Crippen LogP contribution in [0, 0.1) is 11.6 Å². The number of anilines is 1. The molecule has 194 valence electrons. The minimum atomic E-state index is -0.619. The maximum atomic E-state index is 16.0. The smallest absolute Gasteiger partial charge is 0.224 e. The average molecular weight is 525 g/mol. The highest BCUT2D eigenvalue weighted by molar-refractivity contribution is 5.97. The van der Waals surface area contributed by atoms with Crippen LogP contribution in [0.3, 0.4) is 0 Å². The van der Waals surface area contributed by atoms with E-state index in [0.29, 0.717) is 51.3 Å². The molecule has 0 bridgehead atoms. The van der Waals surface area contributed by atoms with Crippen LogP contribution >= 0.6 is 0 Å². The van der Waals surface area contributed by atoms with Gasteiger partial charge in [-0.15, -0.1) is 0 Å². The number of nitrogens with one attached hydrogen (secondary N) is 3. The molecular formula is C28H22F2N8O. The summed E-state index contributed by atoms with van der Waals surface area (Å²) in [5.41, 5.74) is 3.79. The zero-order chi connectivity index (χ0) is 26.9. The van der Waals surface area contributed by atoms with Crippen LogP contribution < -0.4 is 5.32 Å². The van der Waals surface area contributed by atoms with Gasteiger partial charge in [0, 0.05) is 29.9 Å². The summed E-state index contributed by atoms with van der Waals surface area (Å²) in [6, 6.07) is 9.56. The van der Waals surface area contributed by atoms with Crippen LogP contribution in [0.25, 0.3) is 56.0 Å². The van der Waals surface area contributed by atoms with E-state index in [-0.39, 0.29) is 28.5 Å². The second kappa shape index (κ2) is 10.0. The van der Waals surface area contributed by atoms with E-state index < -0.39 is 5.82 Å². The third-order valence-corrected chi connectivity index (χ3v) is 6.34. The molecule has 5 aromatic heterocycles. The Morgan fingerprint density at radius 1 is 1.03 bits per heavy atom. The summed E-state index contributed by atoms with van der Waals surface area (Å²) in [7, 11) is 0. The standard InChI is InChI=1S/C28H22F2N8O/c1-2-3-7-21(39)34-18-11-16(12-31-13-18)24-23(30)22-20(14-33-24)37-38-26(22)28-35-25-19(8-9-32-27(25)36-28)15-5-4-6-17(29)10-15/h4-6,8-14H,2-3,7H2,1H3,(H,34,39)(H,37,38)(H,32,35,36). The summed E-state index contributed by atoms with van der Waals surface area (Å²) in [5.74, 6) is -0.828. The molecule has 39 heavy (non-hydrogen) atoms. The van der Waals surface area contributed by atoms with Crippen molar-refractivity contribution in [1.29, 1.82) is 0 Å². The largest absolute Gasteiger partial charge is 0.325 e. The van der Waals surface area contributed by atoms with Crippen LogP contribution in [0.2, 0.25) is 0 Å². The normalized spacial score (nSPS) is 11.4. The highest BCUT2D eigenvalue weighted by Crippen LogP contribution is 2.34. The Bertz CT molecular complexity index is 1840. The molecule has 1 amide bonds. The molecular weight excluding hydrogens is 502 g/mol. The second-order valence-corrected chi connectivity index (χ2v) is 9.05. The number of amides is 1. The number of fused-ring (bicyclic) bond motifs is 2. The fourth-order valence-corrected chi connectivity index (χ4v) is 4.46. The van der Waals surface area contributed by atoms with E-state index >= 15 is 4.39 Å². The molecule has 6 rings (SSSR count). The predicted octanol–water partition coefficient (Wildman–Crippen LogP) is 6.03. The van der Waals surface area contributed by atoms with Crippen molar-refractivity contribution in [3.05, 3.63) is 72.8 Å². The van der Waals surface area contributed by atoms with E-state index in [1.807, 2.05) is 6.92 Å². The maximum Gasteiger partial charge on any atom is 0.224 e. The molecule has 0 aliphatic heterocycles. The zero-order valence-corrected chi connectivity index (χ0v) is 20.8. The van der Waals surface area contributed by atoms with Crippen molar-refractivity contribution in [2.45, 2.75) is 26.2 Å². The summed E-state index contributed by atoms with van der Waals surface area (Å²) >= 11 is 0. The number of benzene rings is 1. The fraction of sp³-hybridized carbons (Fsp3) is 0.143. The SMILES string of the molecule is CCCCC(=O)Nc1cncc(-c2ncc3[nH]nc(-c4nc5c(-c6cccc(F)c6)ccnc5[nH]4)c3c2F)c1. The molecule has 11 heteroatoms. The predicted molar refractivity (Wildman–Crippen MR) is 144 cm³/mol. The number of carbonyl (C=O) groups excluding carboxylic acids is 1. The Balaban J connectivity index is 1.41. The highest BCUT2D eigenvalue weighted by Gasteiger charge is 2.22. The third kappa shape index (κ3) is 4.58. The molecule has 0 aliphatic rings. The zero-order valence-electron chi connectivity index (χ0n) is 20.8. The average Bonchev–Trinajstić information content (AvgIpc) is 3.57. The molecule has 0 fully saturated rings. The number of halogens is 2. The molecule has 0 aliphatic carbocycles. The lowest BCUT2D eigenvalue weighted by Gasteiger charge is -2.08. The lowest BCUT2D eigenvalue weighted by atomic mass is 10.1. The van der Waals surface area contributed by atoms with Gasteiger partial charge in [0.2, 0.25) is 5.91 Å². The minimum absolute atomic E-state index is 0.0528. The second-order valence-electron chi connectivity index (χ2n) is 9.05. The number of H-pyrrole nitrogens is 2. The summed E-state index contributed by atoms with van der Waals surface area (Å²) < 4.78 is 29.9. The Morgan fingerprint density at radius 2 is 1.92 bits per heavy atom. The first-order chi connectivity index (χ1) is 19.0. The molecule has 6 aromatic rings. The Kier molecular flexibility index (Phi) is 6.23. The molecule has 0 saturated carbocycles. The lowest BCUT2D eigenvalue weighted by molar-refractivity contribution is -0.116. The van der Waals surface area contributed by atoms with Crippen molar-refractivity contribution in [3.63, 3.8) is 0 Å². The Hall–Kier alpha value is -5.06. The van der Waals surface area contributed by atoms with E-state index in [2.05, 4.69) is 40.4 Å². The number of carbonyl (C=O) groups is 1. The van der Waals surface area contributed by atoms with Crippen molar-refractivity contribution in [3.8, 4) is 33.9 Å². The van der Waals surface area contributed by atoms with Crippen molar-refractivity contribution in [2.24, 2.45) is 0 Å². The van der Waals surface area contributed by atoms with Gasteiger partial charge in [-0.25, -0.2) is 18.7 Å². The highest BCUT2D eigenvalue weighted by atomic mass is 19.1. The number of nitrogens with zero attached hydrogens (tertiary/aromatic N) is 5. The lowest BCUT2D eigenvalue weighted by Crippen LogP contribution is -2.11.